The third-order valence-electron chi connectivity index (χ3n) is 7.51. The lowest BCUT2D eigenvalue weighted by Gasteiger charge is -2.35. The van der Waals surface area contributed by atoms with E-state index in [-0.39, 0.29) is 44.4 Å². The number of hydrogen-bond acceptors (Lipinski definition) is 10. The van der Waals surface area contributed by atoms with Gasteiger partial charge in [0.2, 0.25) is 17.7 Å². The maximum absolute atomic E-state index is 13.8. The summed E-state index contributed by atoms with van der Waals surface area (Å²) in [6, 6.07) is 6.15. The Labute approximate surface area is 276 Å². The molecule has 2 heterocycles. The summed E-state index contributed by atoms with van der Waals surface area (Å²) < 4.78 is 21.5. The summed E-state index contributed by atoms with van der Waals surface area (Å²) in [5.41, 5.74) is 4.12. The standard InChI is InChI=1S/C33H50N4O8S/c1-6-42-13-14-44-17-18-45-16-15-43-12-11-28(39)36-30(33(3,4)5)32(41)37-21-26(38)19-27(37)31(40)34-20-24-7-9-25(10-8-24)29-23(2)35-22-46-29/h7-10,22,26-27,30,38H,6,11-21H2,1-5H3,(H,34,40)(H,36,39)/t26-,27+,30-/m1/s1. The molecule has 1 fully saturated rings. The Kier molecular flexibility index (Phi) is 15.5. The predicted octanol–water partition coefficient (Wildman–Crippen LogP) is 2.70. The zero-order valence-corrected chi connectivity index (χ0v) is 28.5. The second kappa shape index (κ2) is 19.0. The highest BCUT2D eigenvalue weighted by atomic mass is 32.1. The number of β-amino-alcohol motifs (C(OH)–C–C–N with tert-alkyl or cyclic N) is 1. The lowest BCUT2D eigenvalue weighted by molar-refractivity contribution is -0.144. The van der Waals surface area contributed by atoms with E-state index < -0.39 is 29.5 Å². The lowest BCUT2D eigenvalue weighted by atomic mass is 9.85. The molecule has 0 saturated carbocycles. The van der Waals surface area contributed by atoms with Gasteiger partial charge in [0, 0.05) is 32.5 Å². The number of nitrogens with one attached hydrogen (secondary N) is 2. The number of hydrogen-bond donors (Lipinski definition) is 3. The molecule has 1 aromatic heterocycles. The maximum Gasteiger partial charge on any atom is 0.246 e. The number of carbonyl (C=O) groups is 3. The van der Waals surface area contributed by atoms with Gasteiger partial charge in [-0.05, 0) is 30.4 Å². The number of aliphatic hydroxyl groups excluding tert-OH is 1. The minimum absolute atomic E-state index is 0.0168. The lowest BCUT2D eigenvalue weighted by Crippen LogP contribution is -2.57. The van der Waals surface area contributed by atoms with E-state index in [9.17, 15) is 19.5 Å². The molecule has 3 amide bonds. The molecule has 3 atom stereocenters. The van der Waals surface area contributed by atoms with Crippen molar-refractivity contribution in [3.8, 4) is 10.4 Å². The van der Waals surface area contributed by atoms with E-state index in [0.29, 0.717) is 46.2 Å². The molecule has 0 bridgehead atoms. The average Bonchev–Trinajstić information content (AvgIpc) is 3.63. The van der Waals surface area contributed by atoms with E-state index in [2.05, 4.69) is 15.6 Å². The number of carbonyl (C=O) groups excluding carboxylic acids is 3. The quantitative estimate of drug-likeness (QED) is 0.193. The average molecular weight is 663 g/mol. The Hall–Kier alpha value is -2.94. The molecule has 13 heteroatoms. The molecule has 12 nitrogen and oxygen atoms in total. The van der Waals surface area contributed by atoms with Gasteiger partial charge in [0.1, 0.15) is 12.1 Å². The van der Waals surface area contributed by atoms with Gasteiger partial charge in [-0.25, -0.2) is 4.98 Å². The van der Waals surface area contributed by atoms with Crippen LogP contribution in [0.2, 0.25) is 0 Å². The molecular weight excluding hydrogens is 612 g/mol. The maximum atomic E-state index is 13.8. The fourth-order valence-corrected chi connectivity index (χ4v) is 5.79. The smallest absolute Gasteiger partial charge is 0.246 e. The summed E-state index contributed by atoms with van der Waals surface area (Å²) in [5, 5.41) is 16.2. The van der Waals surface area contributed by atoms with Crippen LogP contribution in [0, 0.1) is 12.3 Å². The van der Waals surface area contributed by atoms with E-state index >= 15 is 0 Å². The number of nitrogens with zero attached hydrogens (tertiary/aromatic N) is 2. The van der Waals surface area contributed by atoms with Gasteiger partial charge in [0.25, 0.3) is 0 Å². The third-order valence-corrected chi connectivity index (χ3v) is 8.48. The molecule has 0 radical (unpaired) electrons. The van der Waals surface area contributed by atoms with Gasteiger partial charge in [0.05, 0.1) is 68.4 Å². The number of amides is 3. The molecule has 1 aliphatic heterocycles. The Morgan fingerprint density at radius 2 is 1.61 bits per heavy atom. The van der Waals surface area contributed by atoms with Crippen molar-refractivity contribution in [2.45, 2.75) is 72.2 Å². The Balaban J connectivity index is 1.45. The number of likely N-dealkylation sites (tertiary alicyclic amines) is 1. The van der Waals surface area contributed by atoms with Gasteiger partial charge in [-0.3, -0.25) is 14.4 Å². The first-order valence-electron chi connectivity index (χ1n) is 15.9. The van der Waals surface area contributed by atoms with Gasteiger partial charge in [-0.15, -0.1) is 11.3 Å². The van der Waals surface area contributed by atoms with Gasteiger partial charge < -0.3 is 39.6 Å². The molecule has 1 saturated heterocycles. The molecule has 1 aliphatic rings. The second-order valence-electron chi connectivity index (χ2n) is 12.2. The summed E-state index contributed by atoms with van der Waals surface area (Å²) in [6.07, 6.45) is -0.648. The van der Waals surface area contributed by atoms with Crippen molar-refractivity contribution in [3.63, 3.8) is 0 Å². The van der Waals surface area contributed by atoms with Crippen molar-refractivity contribution in [2.24, 2.45) is 5.41 Å². The van der Waals surface area contributed by atoms with Crippen molar-refractivity contribution >= 4 is 29.1 Å². The van der Waals surface area contributed by atoms with Crippen molar-refractivity contribution in [1.82, 2.24) is 20.5 Å². The normalized spacial score (nSPS) is 17.2. The number of ether oxygens (including phenoxy) is 4. The van der Waals surface area contributed by atoms with E-state index in [1.165, 1.54) is 4.90 Å². The largest absolute Gasteiger partial charge is 0.391 e. The number of aryl methyl sites for hydroxylation is 1. The van der Waals surface area contributed by atoms with Crippen molar-refractivity contribution in [1.29, 1.82) is 0 Å². The fraction of sp³-hybridized carbons (Fsp3) is 0.636. The number of thiazole rings is 1. The fourth-order valence-electron chi connectivity index (χ4n) is 4.98. The van der Waals surface area contributed by atoms with Gasteiger partial charge >= 0.3 is 0 Å². The summed E-state index contributed by atoms with van der Waals surface area (Å²) >= 11 is 1.58. The van der Waals surface area contributed by atoms with Crippen LogP contribution in [0.4, 0.5) is 0 Å². The Morgan fingerprint density at radius 1 is 1.00 bits per heavy atom. The molecule has 3 N–H and O–H groups in total. The molecule has 3 rings (SSSR count). The molecular formula is C33H50N4O8S. The molecule has 1 aromatic carbocycles. The summed E-state index contributed by atoms with van der Waals surface area (Å²) in [4.78, 5) is 46.6. The minimum Gasteiger partial charge on any atom is -0.391 e. The molecule has 0 aliphatic carbocycles. The minimum atomic E-state index is -0.894. The van der Waals surface area contributed by atoms with Crippen LogP contribution < -0.4 is 10.6 Å². The predicted molar refractivity (Wildman–Crippen MR) is 175 cm³/mol. The van der Waals surface area contributed by atoms with Crippen LogP contribution in [0.3, 0.4) is 0 Å². The molecule has 256 valence electrons. The van der Waals surface area contributed by atoms with Crippen LogP contribution in [0.15, 0.2) is 29.8 Å². The summed E-state index contributed by atoms with van der Waals surface area (Å²) in [7, 11) is 0. The van der Waals surface area contributed by atoms with Crippen molar-refractivity contribution in [2.75, 3.05) is 59.4 Å². The van der Waals surface area contributed by atoms with Gasteiger partial charge in [-0.2, -0.15) is 0 Å². The van der Waals surface area contributed by atoms with Gasteiger partial charge in [-0.1, -0.05) is 45.0 Å². The van der Waals surface area contributed by atoms with Crippen LogP contribution >= 0.6 is 11.3 Å². The molecule has 46 heavy (non-hydrogen) atoms. The van der Waals surface area contributed by atoms with Crippen molar-refractivity contribution in [3.05, 3.63) is 41.0 Å². The summed E-state index contributed by atoms with van der Waals surface area (Å²) in [6.45, 7) is 13.3. The Bertz CT molecular complexity index is 1230. The number of benzene rings is 1. The van der Waals surface area contributed by atoms with E-state index in [0.717, 1.165) is 21.7 Å². The summed E-state index contributed by atoms with van der Waals surface area (Å²) in [5.74, 6) is -1.09. The zero-order valence-electron chi connectivity index (χ0n) is 27.7. The highest BCUT2D eigenvalue weighted by Gasteiger charge is 2.44. The topological polar surface area (TPSA) is 149 Å². The van der Waals surface area contributed by atoms with Crippen LogP contribution in [0.5, 0.6) is 0 Å². The monoisotopic (exact) mass is 662 g/mol. The molecule has 2 aromatic rings. The third kappa shape index (κ3) is 12.0. The number of aromatic nitrogens is 1. The number of aliphatic hydroxyl groups is 1. The first-order valence-corrected chi connectivity index (χ1v) is 16.7. The van der Waals surface area contributed by atoms with E-state index in [1.807, 2.05) is 64.4 Å². The van der Waals surface area contributed by atoms with E-state index in [4.69, 9.17) is 18.9 Å². The zero-order chi connectivity index (χ0) is 33.5. The van der Waals surface area contributed by atoms with Crippen LogP contribution in [-0.2, 0) is 39.9 Å². The second-order valence-corrected chi connectivity index (χ2v) is 13.1. The van der Waals surface area contributed by atoms with Gasteiger partial charge in [0.15, 0.2) is 0 Å². The first kappa shape index (κ1) is 37.5. The van der Waals surface area contributed by atoms with E-state index in [1.54, 1.807) is 11.3 Å². The first-order chi connectivity index (χ1) is 22.0. The molecule has 0 spiro atoms. The number of rotatable bonds is 19. The SMILES string of the molecule is CCOCCOCCOCCOCCC(=O)N[C@H](C(=O)N1C[C@H](O)C[C@H]1C(=O)NCc1ccc(-c2scnc2C)cc1)C(C)(C)C. The van der Waals surface area contributed by atoms with Crippen LogP contribution in [0.1, 0.15) is 51.8 Å². The highest BCUT2D eigenvalue weighted by Crippen LogP contribution is 2.28. The van der Waals surface area contributed by atoms with Crippen molar-refractivity contribution < 1.29 is 38.4 Å². The highest BCUT2D eigenvalue weighted by molar-refractivity contribution is 7.13. The van der Waals surface area contributed by atoms with Crippen LogP contribution in [0.25, 0.3) is 10.4 Å². The van der Waals surface area contributed by atoms with Crippen LogP contribution in [-0.4, -0.2) is 110 Å². The molecule has 0 unspecified atom stereocenters. The Morgan fingerprint density at radius 3 is 2.17 bits per heavy atom.